The molecule has 22 heavy (non-hydrogen) atoms. The van der Waals surface area contributed by atoms with Crippen LogP contribution >= 0.6 is 23.1 Å². The van der Waals surface area contributed by atoms with E-state index in [0.717, 1.165) is 6.07 Å². The number of carbonyl (C=O) groups excluding carboxylic acids is 1. The smallest absolute Gasteiger partial charge is 0.442 e. The zero-order valence-corrected chi connectivity index (χ0v) is 12.5. The van der Waals surface area contributed by atoms with Gasteiger partial charge in [0.2, 0.25) is 0 Å². The summed E-state index contributed by atoms with van der Waals surface area (Å²) in [5.74, 6) is -1.04. The average molecular weight is 355 g/mol. The third kappa shape index (κ3) is 4.15. The molecule has 2 rings (SSSR count). The third-order valence-corrected chi connectivity index (χ3v) is 3.70. The highest BCUT2D eigenvalue weighted by Crippen LogP contribution is 2.35. The first-order valence-electron chi connectivity index (χ1n) is 5.86. The Morgan fingerprint density at radius 1 is 1.41 bits per heavy atom. The van der Waals surface area contributed by atoms with Crippen molar-refractivity contribution in [2.24, 2.45) is 5.73 Å². The molecule has 0 fully saturated rings. The molecule has 0 atom stereocenters. The number of hydrogen-bond donors (Lipinski definition) is 1. The second kappa shape index (κ2) is 6.59. The summed E-state index contributed by atoms with van der Waals surface area (Å²) in [5.41, 5.74) is 6.35. The number of carbonyl (C=O) groups is 1. The number of nitrogens with zero attached hydrogens (tertiary/aromatic N) is 1. The molecule has 5 nitrogen and oxygen atoms in total. The van der Waals surface area contributed by atoms with E-state index in [9.17, 15) is 18.0 Å². The standard InChI is InChI=1S/C12H10ClF3N2O3S/c13-8-3-7(1-2-10(8)21-12(14,15)16)9-5-22-18(9)6-20-11(19)4-17/h1-3,5H,4,6,17H2. The Hall–Kier alpha value is -1.71. The zero-order chi connectivity index (χ0) is 16.3. The third-order valence-electron chi connectivity index (χ3n) is 2.52. The predicted octanol–water partition coefficient (Wildman–Crippen LogP) is 3.23. The van der Waals surface area contributed by atoms with Gasteiger partial charge in [-0.2, -0.15) is 0 Å². The predicted molar refractivity (Wildman–Crippen MR) is 74.6 cm³/mol. The molecular weight excluding hydrogens is 345 g/mol. The number of halogens is 4. The zero-order valence-electron chi connectivity index (χ0n) is 10.9. The van der Waals surface area contributed by atoms with E-state index in [-0.39, 0.29) is 18.3 Å². The maximum atomic E-state index is 12.2. The van der Waals surface area contributed by atoms with Crippen molar-refractivity contribution in [2.75, 3.05) is 6.54 Å². The summed E-state index contributed by atoms with van der Waals surface area (Å²) in [6.07, 6.45) is -4.81. The van der Waals surface area contributed by atoms with E-state index in [1.807, 2.05) is 0 Å². The van der Waals surface area contributed by atoms with Crippen molar-refractivity contribution in [3.05, 3.63) is 28.6 Å². The van der Waals surface area contributed by atoms with Crippen molar-refractivity contribution in [3.63, 3.8) is 0 Å². The van der Waals surface area contributed by atoms with Gasteiger partial charge in [0.1, 0.15) is 5.75 Å². The maximum Gasteiger partial charge on any atom is 0.573 e. The lowest BCUT2D eigenvalue weighted by atomic mass is 10.1. The van der Waals surface area contributed by atoms with Crippen LogP contribution in [0.4, 0.5) is 13.2 Å². The number of hydrogen-bond acceptors (Lipinski definition) is 5. The molecule has 0 amide bonds. The van der Waals surface area contributed by atoms with Crippen LogP contribution in [0.5, 0.6) is 5.75 Å². The highest BCUT2D eigenvalue weighted by atomic mass is 35.5. The molecule has 2 N–H and O–H groups in total. The molecular formula is C12H10ClF3N2O3S. The molecule has 0 aliphatic carbocycles. The molecule has 0 aliphatic heterocycles. The van der Waals surface area contributed by atoms with Crippen LogP contribution in [0.2, 0.25) is 5.02 Å². The fourth-order valence-electron chi connectivity index (χ4n) is 1.55. The van der Waals surface area contributed by atoms with Gasteiger partial charge < -0.3 is 15.2 Å². The SMILES string of the molecule is NCC(=O)OCn1scc1-c1ccc(OC(F)(F)F)c(Cl)c1. The Balaban J connectivity index is 2.12. The minimum Gasteiger partial charge on any atom is -0.442 e. The normalized spacial score (nSPS) is 11.5. The second-order valence-electron chi connectivity index (χ2n) is 4.03. The summed E-state index contributed by atoms with van der Waals surface area (Å²) in [6.45, 7) is -0.252. The van der Waals surface area contributed by atoms with E-state index in [2.05, 4.69) is 4.74 Å². The Kier molecular flexibility index (Phi) is 4.99. The summed E-state index contributed by atoms with van der Waals surface area (Å²) in [5, 5.41) is 1.57. The first kappa shape index (κ1) is 16.7. The van der Waals surface area contributed by atoms with Gasteiger partial charge in [0.15, 0.2) is 6.73 Å². The summed E-state index contributed by atoms with van der Waals surface area (Å²) in [7, 11) is 0. The Labute approximate surface area is 132 Å². The Morgan fingerprint density at radius 3 is 2.64 bits per heavy atom. The first-order valence-corrected chi connectivity index (χ1v) is 7.07. The van der Waals surface area contributed by atoms with Crippen LogP contribution in [0.15, 0.2) is 23.6 Å². The van der Waals surface area contributed by atoms with E-state index >= 15 is 0 Å². The van der Waals surface area contributed by atoms with Crippen LogP contribution < -0.4 is 10.5 Å². The van der Waals surface area contributed by atoms with Crippen LogP contribution in [-0.4, -0.2) is 22.8 Å². The summed E-state index contributed by atoms with van der Waals surface area (Å²) in [6, 6.07) is 3.89. The van der Waals surface area contributed by atoms with Crippen molar-refractivity contribution in [1.82, 2.24) is 3.96 Å². The van der Waals surface area contributed by atoms with Crippen LogP contribution in [0.1, 0.15) is 0 Å². The maximum absolute atomic E-state index is 12.2. The Morgan fingerprint density at radius 2 is 2.14 bits per heavy atom. The van der Waals surface area contributed by atoms with Crippen molar-refractivity contribution < 1.29 is 27.4 Å². The molecule has 0 aliphatic rings. The number of esters is 1. The van der Waals surface area contributed by atoms with Gasteiger partial charge in [-0.25, -0.2) is 0 Å². The highest BCUT2D eigenvalue weighted by Gasteiger charge is 2.32. The lowest BCUT2D eigenvalue weighted by Crippen LogP contribution is -2.19. The largest absolute Gasteiger partial charge is 0.573 e. The van der Waals surface area contributed by atoms with E-state index in [4.69, 9.17) is 22.1 Å². The van der Waals surface area contributed by atoms with Crippen molar-refractivity contribution in [2.45, 2.75) is 13.1 Å². The van der Waals surface area contributed by atoms with Gasteiger partial charge in [0.05, 0.1) is 17.3 Å². The molecule has 1 aromatic carbocycles. The minimum atomic E-state index is -4.81. The number of nitrogens with two attached hydrogens (primary N) is 1. The van der Waals surface area contributed by atoms with Crippen LogP contribution in [0, 0.1) is 0 Å². The molecule has 0 unspecified atom stereocenters. The average Bonchev–Trinajstić information content (AvgIpc) is 2.39. The first-order chi connectivity index (χ1) is 10.3. The van der Waals surface area contributed by atoms with Crippen LogP contribution in [0.3, 0.4) is 0 Å². The lowest BCUT2D eigenvalue weighted by molar-refractivity contribution is -0.274. The molecule has 0 bridgehead atoms. The number of rotatable bonds is 5. The van der Waals surface area contributed by atoms with Gasteiger partial charge in [0, 0.05) is 10.9 Å². The van der Waals surface area contributed by atoms with Gasteiger partial charge in [-0.05, 0) is 18.2 Å². The minimum absolute atomic E-state index is 0.0229. The lowest BCUT2D eigenvalue weighted by Gasteiger charge is -2.17. The topological polar surface area (TPSA) is 66.5 Å². The van der Waals surface area contributed by atoms with E-state index < -0.39 is 18.1 Å². The molecule has 2 aromatic rings. The number of alkyl halides is 3. The molecule has 0 radical (unpaired) electrons. The van der Waals surface area contributed by atoms with Crippen molar-refractivity contribution >= 4 is 29.1 Å². The van der Waals surface area contributed by atoms with Crippen LogP contribution in [-0.2, 0) is 16.3 Å². The fraction of sp³-hybridized carbons (Fsp3) is 0.250. The van der Waals surface area contributed by atoms with Gasteiger partial charge >= 0.3 is 12.3 Å². The van der Waals surface area contributed by atoms with Gasteiger partial charge in [-0.15, -0.1) is 13.2 Å². The highest BCUT2D eigenvalue weighted by molar-refractivity contribution is 7.06. The second-order valence-corrected chi connectivity index (χ2v) is 5.32. The fourth-order valence-corrected chi connectivity index (χ4v) is 2.48. The van der Waals surface area contributed by atoms with Crippen molar-refractivity contribution in [3.8, 4) is 17.0 Å². The van der Waals surface area contributed by atoms with E-state index in [0.29, 0.717) is 11.3 Å². The van der Waals surface area contributed by atoms with Crippen LogP contribution in [0.25, 0.3) is 11.3 Å². The van der Waals surface area contributed by atoms with Gasteiger partial charge in [-0.3, -0.25) is 8.75 Å². The number of aromatic nitrogens is 1. The molecule has 120 valence electrons. The summed E-state index contributed by atoms with van der Waals surface area (Å²) < 4.78 is 46.8. The molecule has 0 spiro atoms. The van der Waals surface area contributed by atoms with Crippen molar-refractivity contribution in [1.29, 1.82) is 0 Å². The van der Waals surface area contributed by atoms with Gasteiger partial charge in [0.25, 0.3) is 0 Å². The Bertz CT molecular complexity index is 669. The molecule has 1 aromatic heterocycles. The van der Waals surface area contributed by atoms with Gasteiger partial charge in [-0.1, -0.05) is 23.1 Å². The monoisotopic (exact) mass is 354 g/mol. The summed E-state index contributed by atoms with van der Waals surface area (Å²) in [4.78, 5) is 11.0. The molecule has 1 heterocycles. The summed E-state index contributed by atoms with van der Waals surface area (Å²) >= 11 is 7.06. The van der Waals surface area contributed by atoms with E-state index in [1.165, 1.54) is 23.7 Å². The quantitative estimate of drug-likeness (QED) is 0.837. The van der Waals surface area contributed by atoms with E-state index in [1.54, 1.807) is 9.34 Å². The number of ether oxygens (including phenoxy) is 2. The molecule has 0 saturated carbocycles. The molecule has 10 heteroatoms. The molecule has 0 saturated heterocycles. The number of benzene rings is 1.